The molecule has 0 N–H and O–H groups in total. The average Bonchev–Trinajstić information content (AvgIpc) is 2.52. The van der Waals surface area contributed by atoms with E-state index >= 15 is 0 Å². The molecular formula is C12H11S. The van der Waals surface area contributed by atoms with Gasteiger partial charge in [-0.25, -0.2) is 0 Å². The summed E-state index contributed by atoms with van der Waals surface area (Å²) in [5, 5.41) is 2.19. The Bertz CT molecular complexity index is 413. The van der Waals surface area contributed by atoms with E-state index in [0.29, 0.717) is 0 Å². The standard InChI is InChI=1S/C12H11S/c1-9-4-3-5-11(6-9)12-7-10(2)13-8-12/h4-8H,1-2H3. The first-order chi connectivity index (χ1) is 6.25. The minimum atomic E-state index is 1.27. The van der Waals surface area contributed by atoms with Gasteiger partial charge in [0.15, 0.2) is 0 Å². The lowest BCUT2D eigenvalue weighted by molar-refractivity contribution is 1.46. The van der Waals surface area contributed by atoms with Crippen LogP contribution < -0.4 is 0 Å². The first-order valence-corrected chi connectivity index (χ1v) is 5.17. The Labute approximate surface area is 82.9 Å². The van der Waals surface area contributed by atoms with Crippen molar-refractivity contribution < 1.29 is 0 Å². The first-order valence-electron chi connectivity index (χ1n) is 4.29. The van der Waals surface area contributed by atoms with E-state index in [-0.39, 0.29) is 0 Å². The zero-order valence-corrected chi connectivity index (χ0v) is 8.61. The van der Waals surface area contributed by atoms with Gasteiger partial charge in [-0.1, -0.05) is 12.1 Å². The van der Waals surface area contributed by atoms with E-state index in [0.717, 1.165) is 0 Å². The summed E-state index contributed by atoms with van der Waals surface area (Å²) in [5.41, 5.74) is 3.84. The third kappa shape index (κ3) is 1.81. The van der Waals surface area contributed by atoms with Gasteiger partial charge in [0.25, 0.3) is 0 Å². The highest BCUT2D eigenvalue weighted by Gasteiger charge is 1.99. The van der Waals surface area contributed by atoms with Crippen molar-refractivity contribution in [1.29, 1.82) is 0 Å². The fourth-order valence-electron chi connectivity index (χ4n) is 1.35. The van der Waals surface area contributed by atoms with Crippen LogP contribution in [0.5, 0.6) is 0 Å². The molecule has 0 bridgehead atoms. The minimum absolute atomic E-state index is 1.27. The van der Waals surface area contributed by atoms with Crippen LogP contribution in [0.25, 0.3) is 11.1 Å². The molecule has 2 aromatic rings. The summed E-state index contributed by atoms with van der Waals surface area (Å²) in [5.74, 6) is 0. The molecule has 0 aliphatic carbocycles. The highest BCUT2D eigenvalue weighted by molar-refractivity contribution is 7.10. The van der Waals surface area contributed by atoms with Crippen molar-refractivity contribution >= 4 is 11.3 Å². The van der Waals surface area contributed by atoms with Crippen LogP contribution in [0.3, 0.4) is 0 Å². The van der Waals surface area contributed by atoms with Gasteiger partial charge in [-0.15, -0.1) is 11.3 Å². The lowest BCUT2D eigenvalue weighted by atomic mass is 10.1. The number of rotatable bonds is 1. The first kappa shape index (κ1) is 8.52. The Morgan fingerprint density at radius 1 is 1.08 bits per heavy atom. The molecule has 1 heterocycles. The summed E-state index contributed by atoms with van der Waals surface area (Å²) in [6.45, 7) is 4.23. The number of aryl methyl sites for hydroxylation is 2. The second-order valence-electron chi connectivity index (χ2n) is 3.25. The maximum atomic E-state index is 3.14. The molecule has 0 unspecified atom stereocenters. The van der Waals surface area contributed by atoms with Crippen molar-refractivity contribution in [2.45, 2.75) is 13.8 Å². The van der Waals surface area contributed by atoms with Gasteiger partial charge >= 0.3 is 0 Å². The van der Waals surface area contributed by atoms with Crippen molar-refractivity contribution in [2.75, 3.05) is 0 Å². The molecule has 65 valence electrons. The third-order valence-corrected chi connectivity index (χ3v) is 2.86. The summed E-state index contributed by atoms with van der Waals surface area (Å²) in [6, 6.07) is 11.6. The lowest BCUT2D eigenvalue weighted by Gasteiger charge is -1.97. The zero-order valence-electron chi connectivity index (χ0n) is 7.79. The maximum Gasteiger partial charge on any atom is 0.00205 e. The summed E-state index contributed by atoms with van der Waals surface area (Å²) in [6.07, 6.45) is 0. The Balaban J connectivity index is 2.46. The second kappa shape index (κ2) is 3.35. The molecule has 0 nitrogen and oxygen atoms in total. The van der Waals surface area contributed by atoms with E-state index < -0.39 is 0 Å². The molecule has 0 atom stereocenters. The predicted octanol–water partition coefficient (Wildman–Crippen LogP) is 3.83. The maximum absolute atomic E-state index is 3.14. The van der Waals surface area contributed by atoms with Crippen LogP contribution in [-0.4, -0.2) is 0 Å². The number of hydrogen-bond acceptors (Lipinski definition) is 1. The van der Waals surface area contributed by atoms with Crippen molar-refractivity contribution in [2.24, 2.45) is 0 Å². The topological polar surface area (TPSA) is 0 Å². The van der Waals surface area contributed by atoms with Crippen LogP contribution in [0, 0.1) is 19.9 Å². The summed E-state index contributed by atoms with van der Waals surface area (Å²) < 4.78 is 0. The van der Waals surface area contributed by atoms with Gasteiger partial charge in [0.05, 0.1) is 0 Å². The Morgan fingerprint density at radius 2 is 1.92 bits per heavy atom. The molecule has 1 aromatic heterocycles. The van der Waals surface area contributed by atoms with Crippen LogP contribution >= 0.6 is 11.3 Å². The molecule has 2 rings (SSSR count). The highest BCUT2D eigenvalue weighted by atomic mass is 32.1. The SMILES string of the molecule is Cc1c[c]cc(-c2csc(C)c2)c1. The molecule has 1 aromatic carbocycles. The van der Waals surface area contributed by atoms with Gasteiger partial charge in [-0.05, 0) is 54.1 Å². The number of hydrogen-bond donors (Lipinski definition) is 0. The van der Waals surface area contributed by atoms with E-state index in [1.807, 2.05) is 12.1 Å². The van der Waals surface area contributed by atoms with E-state index in [1.54, 1.807) is 11.3 Å². The number of thiophene rings is 1. The fourth-order valence-corrected chi connectivity index (χ4v) is 2.06. The Kier molecular flexibility index (Phi) is 2.19. The van der Waals surface area contributed by atoms with Crippen LogP contribution in [0.1, 0.15) is 10.4 Å². The van der Waals surface area contributed by atoms with E-state index in [9.17, 15) is 0 Å². The van der Waals surface area contributed by atoms with Crippen LogP contribution in [0.15, 0.2) is 29.6 Å². The number of benzene rings is 1. The molecule has 0 aliphatic heterocycles. The molecule has 13 heavy (non-hydrogen) atoms. The summed E-state index contributed by atoms with van der Waals surface area (Å²) >= 11 is 1.79. The molecule has 0 fully saturated rings. The third-order valence-electron chi connectivity index (χ3n) is 2.00. The van der Waals surface area contributed by atoms with Gasteiger partial charge in [-0.3, -0.25) is 0 Å². The normalized spacial score (nSPS) is 10.3. The summed E-state index contributed by atoms with van der Waals surface area (Å²) in [4.78, 5) is 1.36. The second-order valence-corrected chi connectivity index (χ2v) is 4.36. The van der Waals surface area contributed by atoms with Crippen molar-refractivity contribution in [3.8, 4) is 11.1 Å². The van der Waals surface area contributed by atoms with Crippen molar-refractivity contribution in [1.82, 2.24) is 0 Å². The Morgan fingerprint density at radius 3 is 2.54 bits per heavy atom. The van der Waals surface area contributed by atoms with Crippen LogP contribution in [-0.2, 0) is 0 Å². The zero-order chi connectivity index (χ0) is 9.26. The molecule has 0 saturated heterocycles. The minimum Gasteiger partial charge on any atom is -0.149 e. The van der Waals surface area contributed by atoms with E-state index in [1.165, 1.54) is 21.6 Å². The quantitative estimate of drug-likeness (QED) is 0.636. The van der Waals surface area contributed by atoms with Crippen LogP contribution in [0.4, 0.5) is 0 Å². The fraction of sp³-hybridized carbons (Fsp3) is 0.167. The molecular weight excluding hydrogens is 176 g/mol. The summed E-state index contributed by atoms with van der Waals surface area (Å²) in [7, 11) is 0. The molecule has 0 amide bonds. The smallest absolute Gasteiger partial charge is 0.00205 e. The van der Waals surface area contributed by atoms with Gasteiger partial charge in [-0.2, -0.15) is 0 Å². The van der Waals surface area contributed by atoms with Crippen molar-refractivity contribution in [3.05, 3.63) is 46.2 Å². The van der Waals surface area contributed by atoms with Crippen molar-refractivity contribution in [3.63, 3.8) is 0 Å². The molecule has 1 radical (unpaired) electrons. The van der Waals surface area contributed by atoms with E-state index in [4.69, 9.17) is 0 Å². The molecule has 0 aliphatic rings. The predicted molar refractivity (Wildman–Crippen MR) is 58.1 cm³/mol. The highest BCUT2D eigenvalue weighted by Crippen LogP contribution is 2.25. The molecule has 0 saturated carbocycles. The van der Waals surface area contributed by atoms with Gasteiger partial charge in [0.2, 0.25) is 0 Å². The molecule has 1 heteroatoms. The Hall–Kier alpha value is -1.08. The average molecular weight is 187 g/mol. The van der Waals surface area contributed by atoms with E-state index in [2.05, 4.69) is 37.4 Å². The van der Waals surface area contributed by atoms with Gasteiger partial charge in [0, 0.05) is 4.88 Å². The van der Waals surface area contributed by atoms with Gasteiger partial charge < -0.3 is 0 Å². The largest absolute Gasteiger partial charge is 0.149 e. The van der Waals surface area contributed by atoms with Crippen LogP contribution in [0.2, 0.25) is 0 Å². The molecule has 0 spiro atoms. The van der Waals surface area contributed by atoms with Gasteiger partial charge in [0.1, 0.15) is 0 Å². The monoisotopic (exact) mass is 187 g/mol. The lowest BCUT2D eigenvalue weighted by Crippen LogP contribution is -1.75.